The summed E-state index contributed by atoms with van der Waals surface area (Å²) in [4.78, 5) is 14.1. The Labute approximate surface area is 224 Å². The van der Waals surface area contributed by atoms with Crippen molar-refractivity contribution in [1.29, 1.82) is 0 Å². The van der Waals surface area contributed by atoms with Crippen LogP contribution < -0.4 is 4.74 Å². The lowest BCUT2D eigenvalue weighted by molar-refractivity contribution is -0.134. The number of hydrogen-bond acceptors (Lipinski definition) is 5. The first kappa shape index (κ1) is 29.1. The highest BCUT2D eigenvalue weighted by Gasteiger charge is 2.37. The second-order valence-electron chi connectivity index (χ2n) is 11.5. The third-order valence-electron chi connectivity index (χ3n) is 7.97. The Balaban J connectivity index is 1.71. The van der Waals surface area contributed by atoms with Crippen LogP contribution in [0.4, 0.5) is 0 Å². The first-order valence-electron chi connectivity index (χ1n) is 13.4. The van der Waals surface area contributed by atoms with Gasteiger partial charge in [-0.05, 0) is 84.3 Å². The number of hydrogen-bond donors (Lipinski definition) is 0. The van der Waals surface area contributed by atoms with E-state index in [0.29, 0.717) is 6.04 Å². The number of carbonyl (C=O) groups excluding carboxylic acids is 1. The van der Waals surface area contributed by atoms with Crippen LogP contribution in [-0.2, 0) is 26.8 Å². The molecule has 0 fully saturated rings. The number of fused-ring (bicyclic) bond motifs is 1. The maximum Gasteiger partial charge on any atom is 0.330 e. The first-order valence-corrected chi connectivity index (χ1v) is 16.3. The minimum atomic E-state index is -1.74. The Morgan fingerprint density at radius 2 is 1.81 bits per heavy atom. The zero-order valence-electron chi connectivity index (χ0n) is 23.8. The van der Waals surface area contributed by atoms with Crippen molar-refractivity contribution in [3.05, 3.63) is 70.8 Å². The predicted octanol–water partition coefficient (Wildman–Crippen LogP) is 6.83. The van der Waals surface area contributed by atoms with Crippen molar-refractivity contribution >= 4 is 20.4 Å². The van der Waals surface area contributed by atoms with Crippen molar-refractivity contribution in [1.82, 2.24) is 4.90 Å². The number of esters is 1. The molecule has 0 heterocycles. The van der Waals surface area contributed by atoms with E-state index < -0.39 is 8.32 Å². The van der Waals surface area contributed by atoms with Crippen LogP contribution in [0.3, 0.4) is 0 Å². The quantitative estimate of drug-likeness (QED) is 0.132. The van der Waals surface area contributed by atoms with Gasteiger partial charge in [-0.25, -0.2) is 4.79 Å². The first-order chi connectivity index (χ1) is 17.5. The summed E-state index contributed by atoms with van der Waals surface area (Å²) >= 11 is 0. The molecule has 2 aromatic carbocycles. The van der Waals surface area contributed by atoms with E-state index in [1.807, 2.05) is 18.2 Å². The van der Waals surface area contributed by atoms with Gasteiger partial charge in [0.15, 0.2) is 8.32 Å². The van der Waals surface area contributed by atoms with E-state index in [1.165, 1.54) is 29.9 Å². The molecule has 1 atom stereocenters. The molecule has 0 saturated heterocycles. The van der Waals surface area contributed by atoms with E-state index in [-0.39, 0.29) is 11.0 Å². The topological polar surface area (TPSA) is 48.0 Å². The number of nitrogens with zero attached hydrogens (tertiary/aromatic N) is 1. The van der Waals surface area contributed by atoms with Crippen LogP contribution in [0.1, 0.15) is 61.9 Å². The molecular formula is C31H45NO4Si. The Morgan fingerprint density at radius 1 is 1.08 bits per heavy atom. The van der Waals surface area contributed by atoms with E-state index in [9.17, 15) is 4.79 Å². The van der Waals surface area contributed by atoms with Crippen LogP contribution >= 0.6 is 0 Å². The van der Waals surface area contributed by atoms with Crippen LogP contribution in [-0.4, -0.2) is 53.1 Å². The average molecular weight is 524 g/mol. The van der Waals surface area contributed by atoms with Crippen LogP contribution in [0.15, 0.2) is 48.5 Å². The SMILES string of the molecule is COC(=O)C=Cc1ccc2c(c1)CCC2N(CCCO[Si](C)(C)C(C)(C)C)CCc1ccc(OC)cc1. The fourth-order valence-electron chi connectivity index (χ4n) is 4.63. The molecule has 1 aliphatic rings. The summed E-state index contributed by atoms with van der Waals surface area (Å²) in [6.07, 6.45) is 7.52. The molecule has 202 valence electrons. The molecule has 0 radical (unpaired) electrons. The third kappa shape index (κ3) is 8.03. The second-order valence-corrected chi connectivity index (χ2v) is 16.3. The minimum absolute atomic E-state index is 0.228. The van der Waals surface area contributed by atoms with Gasteiger partial charge in [0.2, 0.25) is 0 Å². The summed E-state index contributed by atoms with van der Waals surface area (Å²) < 4.78 is 16.5. The molecule has 5 nitrogen and oxygen atoms in total. The van der Waals surface area contributed by atoms with Crippen molar-refractivity contribution < 1.29 is 18.7 Å². The second kappa shape index (κ2) is 12.9. The smallest absolute Gasteiger partial charge is 0.330 e. The molecule has 0 bridgehead atoms. The van der Waals surface area contributed by atoms with Gasteiger partial charge in [0.1, 0.15) is 5.75 Å². The van der Waals surface area contributed by atoms with Crippen LogP contribution in [0.25, 0.3) is 6.08 Å². The van der Waals surface area contributed by atoms with Crippen molar-refractivity contribution in [2.24, 2.45) is 0 Å². The van der Waals surface area contributed by atoms with Gasteiger partial charge < -0.3 is 13.9 Å². The van der Waals surface area contributed by atoms with Gasteiger partial charge in [0, 0.05) is 31.8 Å². The van der Waals surface area contributed by atoms with Gasteiger partial charge >= 0.3 is 5.97 Å². The van der Waals surface area contributed by atoms with E-state index in [4.69, 9.17) is 13.9 Å². The molecule has 3 rings (SSSR count). The maximum absolute atomic E-state index is 11.5. The summed E-state index contributed by atoms with van der Waals surface area (Å²) in [7, 11) is 1.36. The number of ether oxygens (including phenoxy) is 2. The van der Waals surface area contributed by atoms with Crippen molar-refractivity contribution in [3.8, 4) is 5.75 Å². The normalized spacial score (nSPS) is 15.8. The van der Waals surface area contributed by atoms with Crippen LogP contribution in [0.2, 0.25) is 18.1 Å². The molecule has 2 aromatic rings. The molecule has 1 aliphatic carbocycles. The summed E-state index contributed by atoms with van der Waals surface area (Å²) in [6, 6.07) is 15.4. The molecule has 1 unspecified atom stereocenters. The summed E-state index contributed by atoms with van der Waals surface area (Å²) in [6.45, 7) is 14.4. The molecule has 37 heavy (non-hydrogen) atoms. The van der Waals surface area contributed by atoms with Gasteiger partial charge in [-0.1, -0.05) is 51.1 Å². The Kier molecular flexibility index (Phi) is 10.2. The van der Waals surface area contributed by atoms with Crippen molar-refractivity contribution in [3.63, 3.8) is 0 Å². The van der Waals surface area contributed by atoms with Gasteiger partial charge in [-0.15, -0.1) is 0 Å². The van der Waals surface area contributed by atoms with Gasteiger partial charge in [0.25, 0.3) is 0 Å². The Hall–Kier alpha value is -2.41. The monoisotopic (exact) mass is 523 g/mol. The predicted molar refractivity (Wildman–Crippen MR) is 155 cm³/mol. The molecule has 0 N–H and O–H groups in total. The molecule has 0 aliphatic heterocycles. The van der Waals surface area contributed by atoms with Crippen molar-refractivity contribution in [2.75, 3.05) is 33.9 Å². The third-order valence-corrected chi connectivity index (χ3v) is 12.5. The standard InChI is InChI=1S/C31H45NO4Si/c1-31(2,3)37(6,7)36-22-8-20-32(21-19-24-9-14-27(34-4)15-10-24)29-17-13-26-23-25(11-16-28(26)29)12-18-30(33)35-5/h9-12,14-16,18,23,29H,8,13,17,19-22H2,1-7H3. The lowest BCUT2D eigenvalue weighted by Crippen LogP contribution is -2.41. The lowest BCUT2D eigenvalue weighted by Gasteiger charge is -2.36. The highest BCUT2D eigenvalue weighted by molar-refractivity contribution is 6.74. The Bertz CT molecular complexity index is 1060. The maximum atomic E-state index is 11.5. The number of rotatable bonds is 12. The zero-order valence-corrected chi connectivity index (χ0v) is 24.8. The van der Waals surface area contributed by atoms with Crippen molar-refractivity contribution in [2.45, 2.75) is 70.6 Å². The van der Waals surface area contributed by atoms with E-state index >= 15 is 0 Å². The number of aryl methyl sites for hydroxylation is 1. The average Bonchev–Trinajstić information content (AvgIpc) is 3.29. The summed E-state index contributed by atoms with van der Waals surface area (Å²) in [5.74, 6) is 0.563. The molecule has 6 heteroatoms. The lowest BCUT2D eigenvalue weighted by atomic mass is 10.0. The largest absolute Gasteiger partial charge is 0.497 e. The highest BCUT2D eigenvalue weighted by Crippen LogP contribution is 2.38. The zero-order chi connectivity index (χ0) is 27.1. The fourth-order valence-corrected chi connectivity index (χ4v) is 5.72. The molecule has 0 amide bonds. The Morgan fingerprint density at radius 3 is 2.46 bits per heavy atom. The van der Waals surface area contributed by atoms with E-state index in [1.54, 1.807) is 7.11 Å². The van der Waals surface area contributed by atoms with Crippen LogP contribution in [0, 0.1) is 0 Å². The highest BCUT2D eigenvalue weighted by atomic mass is 28.4. The van der Waals surface area contributed by atoms with Gasteiger partial charge in [0.05, 0.1) is 14.2 Å². The molecular weight excluding hydrogens is 478 g/mol. The summed E-state index contributed by atoms with van der Waals surface area (Å²) in [5.41, 5.74) is 5.15. The van der Waals surface area contributed by atoms with Gasteiger partial charge in [-0.2, -0.15) is 0 Å². The molecule has 0 aromatic heterocycles. The minimum Gasteiger partial charge on any atom is -0.497 e. The van der Waals surface area contributed by atoms with E-state index in [2.05, 4.69) is 69.1 Å². The van der Waals surface area contributed by atoms with Crippen LogP contribution in [0.5, 0.6) is 5.75 Å². The number of methoxy groups -OCH3 is 2. The molecule has 0 saturated carbocycles. The fraction of sp³-hybridized carbons (Fsp3) is 0.516. The van der Waals surface area contributed by atoms with Gasteiger partial charge in [-0.3, -0.25) is 4.90 Å². The number of carbonyl (C=O) groups is 1. The summed E-state index contributed by atoms with van der Waals surface area (Å²) in [5, 5.41) is 0.228. The molecule has 0 spiro atoms. The number of benzene rings is 2. The van der Waals surface area contributed by atoms with E-state index in [0.717, 1.165) is 56.7 Å².